The van der Waals surface area contributed by atoms with E-state index in [1.807, 2.05) is 13.1 Å². The summed E-state index contributed by atoms with van der Waals surface area (Å²) in [7, 11) is 3.32. The molecule has 0 fully saturated rings. The third kappa shape index (κ3) is 4.47. The summed E-state index contributed by atoms with van der Waals surface area (Å²) >= 11 is 0. The van der Waals surface area contributed by atoms with Crippen LogP contribution in [0.3, 0.4) is 0 Å². The lowest BCUT2D eigenvalue weighted by Gasteiger charge is -2.20. The predicted octanol–water partition coefficient (Wildman–Crippen LogP) is 1.09. The molecule has 0 bridgehead atoms. The zero-order chi connectivity index (χ0) is 19.3. The van der Waals surface area contributed by atoms with Crippen LogP contribution in [-0.4, -0.2) is 40.3 Å². The number of nitrogens with one attached hydrogen (secondary N) is 1. The average molecular weight is 357 g/mol. The molecule has 0 spiro atoms. The Balaban J connectivity index is 2.23. The SMILES string of the molecule is CN=C(C(=O)NC(C)(C)C=O)c1cc(OCc2ccnn2C)ccc1N. The standard InChI is InChI=1S/C18H23N5O3/c1-18(2,11-24)22-17(25)16(20-3)14-9-13(5-6-15(14)19)26-10-12-7-8-21-23(12)4/h5-9,11H,10,19H2,1-4H3,(H,22,25). The quantitative estimate of drug-likeness (QED) is 0.438. The van der Waals surface area contributed by atoms with E-state index in [0.717, 1.165) is 5.69 Å². The van der Waals surface area contributed by atoms with Crippen molar-refractivity contribution in [2.24, 2.45) is 12.0 Å². The number of amides is 1. The van der Waals surface area contributed by atoms with Gasteiger partial charge < -0.3 is 20.6 Å². The molecule has 0 unspecified atom stereocenters. The van der Waals surface area contributed by atoms with Gasteiger partial charge in [-0.3, -0.25) is 14.5 Å². The van der Waals surface area contributed by atoms with Gasteiger partial charge in [0.25, 0.3) is 5.91 Å². The summed E-state index contributed by atoms with van der Waals surface area (Å²) in [5.74, 6) is 0.0547. The molecule has 26 heavy (non-hydrogen) atoms. The second-order valence-corrected chi connectivity index (χ2v) is 6.35. The lowest BCUT2D eigenvalue weighted by Crippen LogP contribution is -2.47. The van der Waals surface area contributed by atoms with Crippen LogP contribution >= 0.6 is 0 Å². The number of rotatable bonds is 7. The summed E-state index contributed by atoms with van der Waals surface area (Å²) in [5, 5.41) is 6.70. The zero-order valence-corrected chi connectivity index (χ0v) is 15.3. The minimum absolute atomic E-state index is 0.128. The van der Waals surface area contributed by atoms with Crippen molar-refractivity contribution < 1.29 is 14.3 Å². The van der Waals surface area contributed by atoms with Gasteiger partial charge in [-0.15, -0.1) is 0 Å². The number of aliphatic imine (C=N–C) groups is 1. The second kappa shape index (κ2) is 7.81. The molecule has 2 rings (SSSR count). The molecule has 1 amide bonds. The van der Waals surface area contributed by atoms with Crippen LogP contribution in [0.4, 0.5) is 5.69 Å². The molecule has 2 aromatic rings. The predicted molar refractivity (Wildman–Crippen MR) is 99.1 cm³/mol. The smallest absolute Gasteiger partial charge is 0.270 e. The minimum atomic E-state index is -1.00. The van der Waals surface area contributed by atoms with Gasteiger partial charge in [0.1, 0.15) is 24.4 Å². The first kappa shape index (κ1) is 19.2. The number of anilines is 1. The lowest BCUT2D eigenvalue weighted by atomic mass is 10.0. The number of hydrogen-bond acceptors (Lipinski definition) is 6. The van der Waals surface area contributed by atoms with Gasteiger partial charge in [-0.05, 0) is 38.1 Å². The molecule has 0 aliphatic heterocycles. The summed E-state index contributed by atoms with van der Waals surface area (Å²) in [5.41, 5.74) is 6.87. The van der Waals surface area contributed by atoms with E-state index in [0.29, 0.717) is 29.9 Å². The molecule has 8 heteroatoms. The normalized spacial score (nSPS) is 11.9. The molecular formula is C18H23N5O3. The number of ether oxygens (including phenoxy) is 1. The van der Waals surface area contributed by atoms with Crippen molar-refractivity contribution in [1.29, 1.82) is 0 Å². The maximum absolute atomic E-state index is 12.5. The van der Waals surface area contributed by atoms with Crippen molar-refractivity contribution in [1.82, 2.24) is 15.1 Å². The first-order valence-corrected chi connectivity index (χ1v) is 8.02. The average Bonchev–Trinajstić information content (AvgIpc) is 3.00. The maximum Gasteiger partial charge on any atom is 0.270 e. The van der Waals surface area contributed by atoms with Crippen LogP contribution in [0.2, 0.25) is 0 Å². The highest BCUT2D eigenvalue weighted by molar-refractivity contribution is 6.46. The molecule has 0 aliphatic carbocycles. The van der Waals surface area contributed by atoms with Gasteiger partial charge >= 0.3 is 0 Å². The first-order chi connectivity index (χ1) is 12.3. The Bertz CT molecular complexity index is 839. The van der Waals surface area contributed by atoms with Gasteiger partial charge in [-0.25, -0.2) is 0 Å². The Morgan fingerprint density at radius 3 is 2.73 bits per heavy atom. The Morgan fingerprint density at radius 2 is 2.15 bits per heavy atom. The van der Waals surface area contributed by atoms with E-state index in [2.05, 4.69) is 15.4 Å². The van der Waals surface area contributed by atoms with Crippen LogP contribution in [0.5, 0.6) is 5.75 Å². The van der Waals surface area contributed by atoms with E-state index >= 15 is 0 Å². The van der Waals surface area contributed by atoms with Crippen molar-refractivity contribution in [2.75, 3.05) is 12.8 Å². The molecule has 138 valence electrons. The van der Waals surface area contributed by atoms with E-state index < -0.39 is 11.4 Å². The molecule has 0 atom stereocenters. The molecule has 0 saturated carbocycles. The summed E-state index contributed by atoms with van der Waals surface area (Å²) in [4.78, 5) is 27.6. The van der Waals surface area contributed by atoms with Crippen LogP contribution in [0.15, 0.2) is 35.5 Å². The van der Waals surface area contributed by atoms with Crippen LogP contribution in [0, 0.1) is 0 Å². The fourth-order valence-corrected chi connectivity index (χ4v) is 2.26. The summed E-state index contributed by atoms with van der Waals surface area (Å²) in [6.45, 7) is 3.52. The number of aromatic nitrogens is 2. The van der Waals surface area contributed by atoms with Gasteiger partial charge in [-0.2, -0.15) is 5.10 Å². The summed E-state index contributed by atoms with van der Waals surface area (Å²) in [6.07, 6.45) is 2.35. The highest BCUT2D eigenvalue weighted by Crippen LogP contribution is 2.22. The Morgan fingerprint density at radius 1 is 1.42 bits per heavy atom. The molecule has 8 nitrogen and oxygen atoms in total. The summed E-state index contributed by atoms with van der Waals surface area (Å²) < 4.78 is 7.48. The summed E-state index contributed by atoms with van der Waals surface area (Å²) in [6, 6.07) is 6.88. The van der Waals surface area contributed by atoms with E-state index in [4.69, 9.17) is 10.5 Å². The third-order valence-corrected chi connectivity index (χ3v) is 3.76. The maximum atomic E-state index is 12.5. The first-order valence-electron chi connectivity index (χ1n) is 8.02. The lowest BCUT2D eigenvalue weighted by molar-refractivity contribution is -0.121. The second-order valence-electron chi connectivity index (χ2n) is 6.35. The van der Waals surface area contributed by atoms with E-state index in [1.165, 1.54) is 7.05 Å². The van der Waals surface area contributed by atoms with E-state index in [9.17, 15) is 9.59 Å². The number of nitrogen functional groups attached to an aromatic ring is 1. The van der Waals surface area contributed by atoms with Crippen LogP contribution in [0.25, 0.3) is 0 Å². The van der Waals surface area contributed by atoms with Crippen molar-refractivity contribution in [3.63, 3.8) is 0 Å². The number of nitrogens with two attached hydrogens (primary N) is 1. The molecular weight excluding hydrogens is 334 g/mol. The van der Waals surface area contributed by atoms with Crippen molar-refractivity contribution in [2.45, 2.75) is 26.0 Å². The number of nitrogens with zero attached hydrogens (tertiary/aromatic N) is 3. The van der Waals surface area contributed by atoms with E-state index in [1.54, 1.807) is 42.9 Å². The topological polar surface area (TPSA) is 112 Å². The molecule has 0 aliphatic rings. The molecule has 1 aromatic carbocycles. The molecule has 1 heterocycles. The van der Waals surface area contributed by atoms with Gasteiger partial charge in [0, 0.05) is 31.5 Å². The highest BCUT2D eigenvalue weighted by atomic mass is 16.5. The van der Waals surface area contributed by atoms with Crippen LogP contribution < -0.4 is 15.8 Å². The van der Waals surface area contributed by atoms with Crippen molar-refractivity contribution in [3.8, 4) is 5.75 Å². The fourth-order valence-electron chi connectivity index (χ4n) is 2.26. The van der Waals surface area contributed by atoms with Gasteiger partial charge in [0.2, 0.25) is 0 Å². The van der Waals surface area contributed by atoms with Crippen LogP contribution in [-0.2, 0) is 23.2 Å². The molecule has 0 saturated heterocycles. The number of carbonyl (C=O) groups excluding carboxylic acids is 2. The highest BCUT2D eigenvalue weighted by Gasteiger charge is 2.24. The number of benzene rings is 1. The molecule has 3 N–H and O–H groups in total. The van der Waals surface area contributed by atoms with E-state index in [-0.39, 0.29) is 5.71 Å². The fraction of sp³-hybridized carbons (Fsp3) is 0.333. The number of hydrogen-bond donors (Lipinski definition) is 2. The third-order valence-electron chi connectivity index (χ3n) is 3.76. The van der Waals surface area contributed by atoms with Crippen molar-refractivity contribution >= 4 is 23.6 Å². The van der Waals surface area contributed by atoms with Crippen LogP contribution in [0.1, 0.15) is 25.1 Å². The van der Waals surface area contributed by atoms with Gasteiger partial charge in [0.15, 0.2) is 0 Å². The van der Waals surface area contributed by atoms with Gasteiger partial charge in [-0.1, -0.05) is 0 Å². The Hall–Kier alpha value is -3.16. The number of aryl methyl sites for hydroxylation is 1. The Labute approximate surface area is 152 Å². The zero-order valence-electron chi connectivity index (χ0n) is 15.3. The minimum Gasteiger partial charge on any atom is -0.487 e. The van der Waals surface area contributed by atoms with Crippen molar-refractivity contribution in [3.05, 3.63) is 41.7 Å². The number of aldehydes is 1. The Kier molecular flexibility index (Phi) is 5.76. The van der Waals surface area contributed by atoms with Gasteiger partial charge in [0.05, 0.1) is 11.2 Å². The molecule has 0 radical (unpaired) electrons. The largest absolute Gasteiger partial charge is 0.487 e. The number of carbonyl (C=O) groups is 2. The monoisotopic (exact) mass is 357 g/mol. The molecule has 1 aromatic heterocycles.